The lowest BCUT2D eigenvalue weighted by Crippen LogP contribution is -2.18. The van der Waals surface area contributed by atoms with Gasteiger partial charge in [0.05, 0.1) is 24.0 Å². The largest absolute Gasteiger partial charge is 0.496 e. The van der Waals surface area contributed by atoms with Gasteiger partial charge in [0.2, 0.25) is 0 Å². The number of anilines is 2. The predicted octanol–water partition coefficient (Wildman–Crippen LogP) is 4.34. The fraction of sp³-hybridized carbons (Fsp3) is 0.278. The highest BCUT2D eigenvalue weighted by Gasteiger charge is 2.31. The van der Waals surface area contributed by atoms with Gasteiger partial charge < -0.3 is 15.0 Å². The predicted molar refractivity (Wildman–Crippen MR) is 91.5 cm³/mol. The number of halogens is 3. The molecule has 25 heavy (non-hydrogen) atoms. The van der Waals surface area contributed by atoms with Crippen molar-refractivity contribution >= 4 is 17.3 Å². The first-order valence-electron chi connectivity index (χ1n) is 7.48. The van der Waals surface area contributed by atoms with E-state index in [2.05, 4.69) is 5.32 Å². The first-order valence-corrected chi connectivity index (χ1v) is 7.48. The second kappa shape index (κ2) is 7.04. The van der Waals surface area contributed by atoms with Crippen LogP contribution in [0.4, 0.5) is 24.5 Å². The van der Waals surface area contributed by atoms with E-state index in [9.17, 15) is 18.0 Å². The van der Waals surface area contributed by atoms with Gasteiger partial charge in [-0.05, 0) is 42.8 Å². The number of hydrogen-bond donors (Lipinski definition) is 1. The van der Waals surface area contributed by atoms with E-state index in [0.29, 0.717) is 17.0 Å². The van der Waals surface area contributed by atoms with Crippen LogP contribution < -0.4 is 15.0 Å². The van der Waals surface area contributed by atoms with Crippen LogP contribution in [0, 0.1) is 6.92 Å². The fourth-order valence-corrected chi connectivity index (χ4v) is 2.36. The van der Waals surface area contributed by atoms with E-state index >= 15 is 0 Å². The van der Waals surface area contributed by atoms with E-state index in [1.807, 2.05) is 6.92 Å². The average Bonchev–Trinajstić information content (AvgIpc) is 2.54. The first-order chi connectivity index (χ1) is 11.6. The third-order valence-electron chi connectivity index (χ3n) is 3.72. The molecule has 0 unspecified atom stereocenters. The van der Waals surface area contributed by atoms with Gasteiger partial charge in [-0.3, -0.25) is 4.79 Å². The molecule has 0 bridgehead atoms. The molecule has 2 aromatic rings. The van der Waals surface area contributed by atoms with Crippen LogP contribution in [0.5, 0.6) is 5.75 Å². The van der Waals surface area contributed by atoms with Crippen LogP contribution >= 0.6 is 0 Å². The number of ether oxygens (including phenoxy) is 1. The number of carbonyl (C=O) groups is 1. The Morgan fingerprint density at radius 3 is 2.36 bits per heavy atom. The van der Waals surface area contributed by atoms with E-state index in [1.165, 1.54) is 13.2 Å². The lowest BCUT2D eigenvalue weighted by molar-refractivity contribution is -0.137. The van der Waals surface area contributed by atoms with Crippen molar-refractivity contribution in [2.45, 2.75) is 13.1 Å². The lowest BCUT2D eigenvalue weighted by Gasteiger charge is -2.20. The summed E-state index contributed by atoms with van der Waals surface area (Å²) in [6, 6.07) is 8.10. The quantitative estimate of drug-likeness (QED) is 0.890. The van der Waals surface area contributed by atoms with Crippen LogP contribution in [-0.4, -0.2) is 27.1 Å². The molecule has 0 saturated heterocycles. The summed E-state index contributed by atoms with van der Waals surface area (Å²) in [5.74, 6) is 0.0187. The average molecular weight is 352 g/mol. The van der Waals surface area contributed by atoms with Gasteiger partial charge in [0.1, 0.15) is 5.75 Å². The Labute approximate surface area is 144 Å². The van der Waals surface area contributed by atoms with Gasteiger partial charge >= 0.3 is 6.18 Å². The number of amides is 1. The molecule has 0 atom stereocenters. The van der Waals surface area contributed by atoms with E-state index in [-0.39, 0.29) is 5.69 Å². The molecule has 2 rings (SSSR count). The third kappa shape index (κ3) is 4.23. The zero-order valence-corrected chi connectivity index (χ0v) is 14.4. The van der Waals surface area contributed by atoms with Crippen molar-refractivity contribution in [3.8, 4) is 5.75 Å². The van der Waals surface area contributed by atoms with Gasteiger partial charge in [-0.1, -0.05) is 6.07 Å². The molecule has 0 saturated carbocycles. The van der Waals surface area contributed by atoms with Gasteiger partial charge in [-0.15, -0.1) is 0 Å². The fourth-order valence-electron chi connectivity index (χ4n) is 2.36. The minimum atomic E-state index is -4.49. The Kier molecular flexibility index (Phi) is 5.25. The molecule has 0 aromatic heterocycles. The SMILES string of the molecule is COc1cc(C(=O)Nc2cc(C(F)(F)F)ccc2N(C)C)ccc1C. The van der Waals surface area contributed by atoms with Crippen molar-refractivity contribution in [2.24, 2.45) is 0 Å². The second-order valence-electron chi connectivity index (χ2n) is 5.76. The molecule has 2 aromatic carbocycles. The van der Waals surface area contributed by atoms with Crippen molar-refractivity contribution in [2.75, 3.05) is 31.4 Å². The highest BCUT2D eigenvalue weighted by molar-refractivity contribution is 6.06. The molecular weight excluding hydrogens is 333 g/mol. The molecule has 0 aliphatic rings. The summed E-state index contributed by atoms with van der Waals surface area (Å²) in [5.41, 5.74) is 0.886. The number of methoxy groups -OCH3 is 1. The van der Waals surface area contributed by atoms with E-state index in [4.69, 9.17) is 4.74 Å². The summed E-state index contributed by atoms with van der Waals surface area (Å²) in [4.78, 5) is 14.1. The van der Waals surface area contributed by atoms with Crippen molar-refractivity contribution in [1.29, 1.82) is 0 Å². The Balaban J connectivity index is 2.39. The minimum absolute atomic E-state index is 0.0874. The van der Waals surface area contributed by atoms with E-state index in [0.717, 1.165) is 17.7 Å². The molecular formula is C18H19F3N2O2. The molecule has 134 valence electrons. The number of alkyl halides is 3. The van der Waals surface area contributed by atoms with Crippen LogP contribution in [0.2, 0.25) is 0 Å². The van der Waals surface area contributed by atoms with Crippen LogP contribution in [0.15, 0.2) is 36.4 Å². The number of carbonyl (C=O) groups excluding carboxylic acids is 1. The number of benzene rings is 2. The second-order valence-corrected chi connectivity index (χ2v) is 5.76. The Morgan fingerprint density at radius 2 is 1.80 bits per heavy atom. The summed E-state index contributed by atoms with van der Waals surface area (Å²) in [7, 11) is 4.86. The minimum Gasteiger partial charge on any atom is -0.496 e. The first kappa shape index (κ1) is 18.6. The maximum absolute atomic E-state index is 13.0. The Bertz CT molecular complexity index is 786. The summed E-state index contributed by atoms with van der Waals surface area (Å²) < 4.78 is 44.1. The number of hydrogen-bond acceptors (Lipinski definition) is 3. The van der Waals surface area contributed by atoms with Crippen LogP contribution in [-0.2, 0) is 6.18 Å². The summed E-state index contributed by atoms with van der Waals surface area (Å²) in [5, 5.41) is 2.56. The van der Waals surface area contributed by atoms with Gasteiger partial charge in [-0.25, -0.2) is 0 Å². The van der Waals surface area contributed by atoms with Crippen molar-refractivity contribution in [1.82, 2.24) is 0 Å². The zero-order chi connectivity index (χ0) is 18.8. The standard InChI is InChI=1S/C18H19F3N2O2/c1-11-5-6-12(9-16(11)25-4)17(24)22-14-10-13(18(19,20)21)7-8-15(14)23(2)3/h5-10H,1-4H3,(H,22,24). The molecule has 0 aliphatic carbocycles. The Hall–Kier alpha value is -2.70. The maximum atomic E-state index is 13.0. The van der Waals surface area contributed by atoms with Crippen LogP contribution in [0.25, 0.3) is 0 Å². The molecule has 1 amide bonds. The lowest BCUT2D eigenvalue weighted by atomic mass is 10.1. The molecule has 4 nitrogen and oxygen atoms in total. The molecule has 0 fully saturated rings. The van der Waals surface area contributed by atoms with Crippen molar-refractivity contribution in [3.05, 3.63) is 53.1 Å². The number of nitrogens with zero attached hydrogens (tertiary/aromatic N) is 1. The Morgan fingerprint density at radius 1 is 1.12 bits per heavy atom. The number of rotatable bonds is 4. The van der Waals surface area contributed by atoms with Crippen molar-refractivity contribution < 1.29 is 22.7 Å². The van der Waals surface area contributed by atoms with Crippen LogP contribution in [0.3, 0.4) is 0 Å². The van der Waals surface area contributed by atoms with Crippen LogP contribution in [0.1, 0.15) is 21.5 Å². The summed E-state index contributed by atoms with van der Waals surface area (Å²) in [6.07, 6.45) is -4.49. The molecule has 1 N–H and O–H groups in total. The number of nitrogens with one attached hydrogen (secondary N) is 1. The summed E-state index contributed by atoms with van der Waals surface area (Å²) >= 11 is 0. The van der Waals surface area contributed by atoms with E-state index < -0.39 is 17.6 Å². The highest BCUT2D eigenvalue weighted by atomic mass is 19.4. The van der Waals surface area contributed by atoms with Gasteiger partial charge in [-0.2, -0.15) is 13.2 Å². The topological polar surface area (TPSA) is 41.6 Å². The third-order valence-corrected chi connectivity index (χ3v) is 3.72. The van der Waals surface area contributed by atoms with Gasteiger partial charge in [0.25, 0.3) is 5.91 Å². The molecule has 0 heterocycles. The maximum Gasteiger partial charge on any atom is 0.416 e. The highest BCUT2D eigenvalue weighted by Crippen LogP contribution is 2.35. The molecule has 7 heteroatoms. The smallest absolute Gasteiger partial charge is 0.416 e. The van der Waals surface area contributed by atoms with Gasteiger partial charge in [0, 0.05) is 19.7 Å². The molecule has 0 spiro atoms. The summed E-state index contributed by atoms with van der Waals surface area (Å²) in [6.45, 7) is 1.83. The van der Waals surface area contributed by atoms with Gasteiger partial charge in [0.15, 0.2) is 0 Å². The monoisotopic (exact) mass is 352 g/mol. The van der Waals surface area contributed by atoms with Crippen molar-refractivity contribution in [3.63, 3.8) is 0 Å². The van der Waals surface area contributed by atoms with E-state index in [1.54, 1.807) is 37.2 Å². The molecule has 0 radical (unpaired) electrons. The molecule has 0 aliphatic heterocycles. The number of aryl methyl sites for hydroxylation is 1. The normalized spacial score (nSPS) is 11.2. The zero-order valence-electron chi connectivity index (χ0n) is 14.4.